The maximum Gasteiger partial charge on any atom is 0.285 e. The van der Waals surface area contributed by atoms with Crippen molar-refractivity contribution in [1.29, 1.82) is 0 Å². The molecule has 118 valence electrons. The number of rotatable bonds is 3. The lowest BCUT2D eigenvalue weighted by atomic mass is 10.1. The van der Waals surface area contributed by atoms with Crippen LogP contribution in [0.5, 0.6) is 0 Å². The number of para-hydroxylation sites is 2. The highest BCUT2D eigenvalue weighted by Gasteiger charge is 2.22. The first kappa shape index (κ1) is 16.4. The Balaban J connectivity index is 2.02. The Labute approximate surface area is 137 Å². The molecule has 0 unspecified atom stereocenters. The fraction of sp³-hybridized carbons (Fsp3) is 0.0667. The van der Waals surface area contributed by atoms with Gasteiger partial charge in [-0.1, -0.05) is 30.3 Å². The third-order valence-electron chi connectivity index (χ3n) is 2.99. The topological polar surface area (TPSA) is 96.3 Å². The Kier molecular flexibility index (Phi) is 5.21. The van der Waals surface area contributed by atoms with Gasteiger partial charge in [-0.15, -0.1) is 0 Å². The maximum absolute atomic E-state index is 12.1. The number of carbonyl (C=O) groups excluding carboxylic acids is 1. The molecule has 2 aromatic carbocycles. The number of amides is 1. The van der Waals surface area contributed by atoms with Crippen LogP contribution in [0.15, 0.2) is 48.5 Å². The molecule has 0 aromatic heterocycles. The van der Waals surface area contributed by atoms with Gasteiger partial charge in [-0.2, -0.15) is 0 Å². The molecule has 2 rings (SSSR count). The van der Waals surface area contributed by atoms with E-state index in [1.165, 1.54) is 6.07 Å². The molecule has 0 bridgehead atoms. The van der Waals surface area contributed by atoms with E-state index in [1.807, 2.05) is 18.2 Å². The van der Waals surface area contributed by atoms with Crippen LogP contribution in [0.3, 0.4) is 0 Å². The molecule has 1 amide bonds. The van der Waals surface area contributed by atoms with Crippen molar-refractivity contribution in [2.75, 3.05) is 5.32 Å². The highest BCUT2D eigenvalue weighted by Crippen LogP contribution is 2.22. The number of carbonyl (C=O) groups is 1. The monoisotopic (exact) mass is 330 g/mol. The predicted molar refractivity (Wildman–Crippen MR) is 91.1 cm³/mol. The van der Waals surface area contributed by atoms with Crippen LogP contribution in [0, 0.1) is 17.0 Å². The van der Waals surface area contributed by atoms with E-state index < -0.39 is 10.8 Å². The third kappa shape index (κ3) is 4.24. The Bertz CT molecular complexity index is 750. The summed E-state index contributed by atoms with van der Waals surface area (Å²) in [5.41, 5.74) is 5.75. The molecule has 7 nitrogen and oxygen atoms in total. The minimum atomic E-state index is -0.641. The van der Waals surface area contributed by atoms with Crippen LogP contribution in [0.1, 0.15) is 15.9 Å². The zero-order valence-corrected chi connectivity index (χ0v) is 13.0. The van der Waals surface area contributed by atoms with E-state index in [0.717, 1.165) is 5.69 Å². The van der Waals surface area contributed by atoms with E-state index in [9.17, 15) is 14.9 Å². The maximum atomic E-state index is 12.1. The zero-order chi connectivity index (χ0) is 16.8. The Hall–Kier alpha value is -3.00. The Morgan fingerprint density at radius 1 is 1.09 bits per heavy atom. The van der Waals surface area contributed by atoms with E-state index in [0.29, 0.717) is 5.56 Å². The number of thiocarbonyl (C=S) groups is 1. The van der Waals surface area contributed by atoms with Crippen LogP contribution in [-0.4, -0.2) is 15.9 Å². The van der Waals surface area contributed by atoms with Gasteiger partial charge in [0.1, 0.15) is 5.56 Å². The fourth-order valence-electron chi connectivity index (χ4n) is 1.95. The molecule has 0 fully saturated rings. The normalized spacial score (nSPS) is 9.78. The number of benzene rings is 2. The van der Waals surface area contributed by atoms with Gasteiger partial charge >= 0.3 is 0 Å². The molecule has 0 aliphatic heterocycles. The average molecular weight is 330 g/mol. The van der Waals surface area contributed by atoms with Crippen LogP contribution in [0.2, 0.25) is 0 Å². The van der Waals surface area contributed by atoms with Gasteiger partial charge < -0.3 is 5.32 Å². The molecule has 0 aliphatic rings. The summed E-state index contributed by atoms with van der Waals surface area (Å²) in [5, 5.41) is 14.1. The van der Waals surface area contributed by atoms with Gasteiger partial charge in [-0.25, -0.2) is 0 Å². The van der Waals surface area contributed by atoms with Gasteiger partial charge in [0.05, 0.1) is 4.92 Å². The SMILES string of the molecule is Cc1cccc(C(=O)NNC(=S)Nc2ccccc2)c1[N+](=O)[O-]. The summed E-state index contributed by atoms with van der Waals surface area (Å²) in [6.07, 6.45) is 0. The van der Waals surface area contributed by atoms with Gasteiger partial charge in [-0.05, 0) is 37.3 Å². The molecule has 0 spiro atoms. The first-order valence-corrected chi connectivity index (χ1v) is 7.06. The third-order valence-corrected chi connectivity index (χ3v) is 3.19. The summed E-state index contributed by atoms with van der Waals surface area (Å²) in [4.78, 5) is 22.6. The molecule has 0 saturated carbocycles. The van der Waals surface area contributed by atoms with Gasteiger partial charge in [0, 0.05) is 11.3 Å². The molecular formula is C15H14N4O3S. The number of nitrogens with one attached hydrogen (secondary N) is 3. The number of aryl methyl sites for hydroxylation is 1. The highest BCUT2D eigenvalue weighted by molar-refractivity contribution is 7.80. The van der Waals surface area contributed by atoms with Crippen LogP contribution < -0.4 is 16.2 Å². The molecule has 0 atom stereocenters. The van der Waals surface area contributed by atoms with Gasteiger partial charge in [0.2, 0.25) is 0 Å². The predicted octanol–water partition coefficient (Wildman–Crippen LogP) is 2.53. The Morgan fingerprint density at radius 3 is 2.43 bits per heavy atom. The van der Waals surface area contributed by atoms with Crippen molar-refractivity contribution in [3.8, 4) is 0 Å². The van der Waals surface area contributed by atoms with E-state index in [2.05, 4.69) is 16.2 Å². The molecule has 0 aliphatic carbocycles. The molecule has 0 heterocycles. The molecule has 8 heteroatoms. The standard InChI is InChI=1S/C15H14N4O3S/c1-10-6-5-9-12(13(10)19(21)22)14(20)17-18-15(23)16-11-7-3-2-4-8-11/h2-9H,1H3,(H,17,20)(H2,16,18,23). The molecule has 0 saturated heterocycles. The van der Waals surface area contributed by atoms with Crippen molar-refractivity contribution < 1.29 is 9.72 Å². The van der Waals surface area contributed by atoms with Crippen molar-refractivity contribution >= 4 is 34.6 Å². The molecule has 3 N–H and O–H groups in total. The van der Waals surface area contributed by atoms with Crippen molar-refractivity contribution in [2.24, 2.45) is 0 Å². The van der Waals surface area contributed by atoms with E-state index in [1.54, 1.807) is 31.2 Å². The summed E-state index contributed by atoms with van der Waals surface area (Å²) in [6, 6.07) is 13.7. The highest BCUT2D eigenvalue weighted by atomic mass is 32.1. The second kappa shape index (κ2) is 7.32. The largest absolute Gasteiger partial charge is 0.331 e. The average Bonchev–Trinajstić information content (AvgIpc) is 2.53. The van der Waals surface area contributed by atoms with Gasteiger partial charge in [0.15, 0.2) is 5.11 Å². The minimum Gasteiger partial charge on any atom is -0.331 e. The molecule has 0 radical (unpaired) electrons. The quantitative estimate of drug-likeness (QED) is 0.455. The lowest BCUT2D eigenvalue weighted by Gasteiger charge is -2.12. The first-order valence-electron chi connectivity index (χ1n) is 6.65. The van der Waals surface area contributed by atoms with Crippen LogP contribution in [-0.2, 0) is 0 Å². The molecular weight excluding hydrogens is 316 g/mol. The zero-order valence-electron chi connectivity index (χ0n) is 12.2. The summed E-state index contributed by atoms with van der Waals surface area (Å²) < 4.78 is 0. The number of nitro groups is 1. The minimum absolute atomic E-state index is 0.0370. The summed E-state index contributed by atoms with van der Waals surface area (Å²) in [6.45, 7) is 1.57. The van der Waals surface area contributed by atoms with E-state index in [4.69, 9.17) is 12.2 Å². The summed E-state index contributed by atoms with van der Waals surface area (Å²) in [5.74, 6) is -0.641. The van der Waals surface area contributed by atoms with Gasteiger partial charge in [-0.3, -0.25) is 25.8 Å². The van der Waals surface area contributed by atoms with Crippen molar-refractivity contribution in [3.63, 3.8) is 0 Å². The smallest absolute Gasteiger partial charge is 0.285 e. The molecule has 23 heavy (non-hydrogen) atoms. The summed E-state index contributed by atoms with van der Waals surface area (Å²) in [7, 11) is 0. The lowest BCUT2D eigenvalue weighted by molar-refractivity contribution is -0.385. The van der Waals surface area contributed by atoms with Crippen molar-refractivity contribution in [1.82, 2.24) is 10.9 Å². The van der Waals surface area contributed by atoms with E-state index >= 15 is 0 Å². The number of anilines is 1. The van der Waals surface area contributed by atoms with Crippen LogP contribution in [0.4, 0.5) is 11.4 Å². The second-order valence-electron chi connectivity index (χ2n) is 4.63. The van der Waals surface area contributed by atoms with Gasteiger partial charge in [0.25, 0.3) is 11.6 Å². The molecule has 2 aromatic rings. The number of hydrazine groups is 1. The number of nitro benzene ring substituents is 1. The first-order chi connectivity index (χ1) is 11.0. The second-order valence-corrected chi connectivity index (χ2v) is 5.04. The number of nitrogens with zero attached hydrogens (tertiary/aromatic N) is 1. The van der Waals surface area contributed by atoms with Crippen LogP contribution in [0.25, 0.3) is 0 Å². The van der Waals surface area contributed by atoms with Crippen LogP contribution >= 0.6 is 12.2 Å². The Morgan fingerprint density at radius 2 is 1.78 bits per heavy atom. The lowest BCUT2D eigenvalue weighted by Crippen LogP contribution is -2.43. The fourth-order valence-corrected chi connectivity index (χ4v) is 2.12. The number of hydrogen-bond acceptors (Lipinski definition) is 4. The summed E-state index contributed by atoms with van der Waals surface area (Å²) >= 11 is 5.04. The van der Waals surface area contributed by atoms with Crippen molar-refractivity contribution in [2.45, 2.75) is 6.92 Å². The van der Waals surface area contributed by atoms with Crippen molar-refractivity contribution in [3.05, 3.63) is 69.8 Å². The van der Waals surface area contributed by atoms with E-state index in [-0.39, 0.29) is 16.4 Å². The number of hydrogen-bond donors (Lipinski definition) is 3.